The molecule has 1 rings (SSSR count). The molecule has 0 saturated heterocycles. The van der Waals surface area contributed by atoms with Crippen molar-refractivity contribution in [1.29, 1.82) is 0 Å². The quantitative estimate of drug-likeness (QED) is 0.843. The number of carbonyl (C=O) groups is 1. The van der Waals surface area contributed by atoms with Crippen LogP contribution in [0.4, 0.5) is 5.69 Å². The van der Waals surface area contributed by atoms with Gasteiger partial charge in [-0.3, -0.25) is 4.79 Å². The van der Waals surface area contributed by atoms with Gasteiger partial charge in [0.1, 0.15) is 6.04 Å². The van der Waals surface area contributed by atoms with Crippen molar-refractivity contribution in [2.45, 2.75) is 45.7 Å². The van der Waals surface area contributed by atoms with Gasteiger partial charge in [-0.05, 0) is 44.0 Å². The molecule has 1 aromatic rings. The number of benzene rings is 1. The van der Waals surface area contributed by atoms with Gasteiger partial charge in [0.2, 0.25) is 5.91 Å². The van der Waals surface area contributed by atoms with Crippen LogP contribution < -0.4 is 10.6 Å². The van der Waals surface area contributed by atoms with E-state index in [4.69, 9.17) is 0 Å². The lowest BCUT2D eigenvalue weighted by molar-refractivity contribution is -0.122. The van der Waals surface area contributed by atoms with Gasteiger partial charge in [-0.2, -0.15) is 0 Å². The third-order valence-corrected chi connectivity index (χ3v) is 3.48. The molecule has 0 bridgehead atoms. The SMILES string of the molecule is CCC(CC)NC(=O)C(C)Nc1ccc(Br)cc1. The molecule has 0 fully saturated rings. The van der Waals surface area contributed by atoms with Crippen molar-refractivity contribution in [2.75, 3.05) is 5.32 Å². The number of halogens is 1. The van der Waals surface area contributed by atoms with Gasteiger partial charge in [-0.1, -0.05) is 29.8 Å². The van der Waals surface area contributed by atoms with Gasteiger partial charge < -0.3 is 10.6 Å². The number of carbonyl (C=O) groups excluding carboxylic acids is 1. The van der Waals surface area contributed by atoms with E-state index in [1.165, 1.54) is 0 Å². The molecule has 3 nitrogen and oxygen atoms in total. The Morgan fingerprint density at radius 3 is 2.28 bits per heavy atom. The molecule has 2 N–H and O–H groups in total. The number of hydrogen-bond donors (Lipinski definition) is 2. The second-order valence-corrected chi connectivity index (χ2v) is 5.31. The van der Waals surface area contributed by atoms with Crippen LogP contribution in [0.25, 0.3) is 0 Å². The molecule has 0 spiro atoms. The van der Waals surface area contributed by atoms with Gasteiger partial charge in [0.25, 0.3) is 0 Å². The van der Waals surface area contributed by atoms with Crippen LogP contribution in [0.3, 0.4) is 0 Å². The summed E-state index contributed by atoms with van der Waals surface area (Å²) in [6.07, 6.45) is 1.93. The summed E-state index contributed by atoms with van der Waals surface area (Å²) in [7, 11) is 0. The van der Waals surface area contributed by atoms with E-state index in [-0.39, 0.29) is 18.0 Å². The third kappa shape index (κ3) is 4.69. The fourth-order valence-electron chi connectivity index (χ4n) is 1.68. The summed E-state index contributed by atoms with van der Waals surface area (Å²) in [5.74, 6) is 0.0478. The normalized spacial score (nSPS) is 12.3. The fraction of sp³-hybridized carbons (Fsp3) is 0.500. The van der Waals surface area contributed by atoms with Crippen LogP contribution >= 0.6 is 15.9 Å². The molecular weight excluding hydrogens is 292 g/mol. The highest BCUT2D eigenvalue weighted by Gasteiger charge is 2.15. The minimum absolute atomic E-state index is 0.0478. The van der Waals surface area contributed by atoms with Crippen molar-refractivity contribution in [1.82, 2.24) is 5.32 Å². The van der Waals surface area contributed by atoms with E-state index < -0.39 is 0 Å². The van der Waals surface area contributed by atoms with Crippen LogP contribution in [-0.2, 0) is 4.79 Å². The Kier molecular flexibility index (Phi) is 6.19. The summed E-state index contributed by atoms with van der Waals surface area (Å²) in [5.41, 5.74) is 0.949. The van der Waals surface area contributed by atoms with Crippen molar-refractivity contribution in [2.24, 2.45) is 0 Å². The molecule has 4 heteroatoms. The lowest BCUT2D eigenvalue weighted by atomic mass is 10.1. The highest BCUT2D eigenvalue weighted by atomic mass is 79.9. The Labute approximate surface area is 117 Å². The largest absolute Gasteiger partial charge is 0.374 e. The first-order valence-corrected chi connectivity index (χ1v) is 7.18. The van der Waals surface area contributed by atoms with Gasteiger partial charge in [0, 0.05) is 16.2 Å². The number of nitrogens with one attached hydrogen (secondary N) is 2. The number of rotatable bonds is 6. The van der Waals surface area contributed by atoms with Crippen LogP contribution in [0.15, 0.2) is 28.7 Å². The van der Waals surface area contributed by atoms with E-state index in [0.29, 0.717) is 0 Å². The molecule has 0 radical (unpaired) electrons. The van der Waals surface area contributed by atoms with Gasteiger partial charge in [0.05, 0.1) is 0 Å². The molecule has 18 heavy (non-hydrogen) atoms. The predicted octanol–water partition coefficient (Wildman–Crippen LogP) is 3.55. The average Bonchev–Trinajstić information content (AvgIpc) is 2.38. The predicted molar refractivity (Wildman–Crippen MR) is 79.7 cm³/mol. The summed E-state index contributed by atoms with van der Waals surface area (Å²) >= 11 is 3.38. The fourth-order valence-corrected chi connectivity index (χ4v) is 1.94. The highest BCUT2D eigenvalue weighted by molar-refractivity contribution is 9.10. The van der Waals surface area contributed by atoms with E-state index in [9.17, 15) is 4.79 Å². The van der Waals surface area contributed by atoms with Crippen LogP contribution in [0, 0.1) is 0 Å². The van der Waals surface area contributed by atoms with Crippen molar-refractivity contribution in [3.63, 3.8) is 0 Å². The summed E-state index contributed by atoms with van der Waals surface area (Å²) in [5, 5.41) is 6.23. The minimum Gasteiger partial charge on any atom is -0.374 e. The summed E-state index contributed by atoms with van der Waals surface area (Å²) in [6, 6.07) is 7.84. The highest BCUT2D eigenvalue weighted by Crippen LogP contribution is 2.14. The summed E-state index contributed by atoms with van der Waals surface area (Å²) in [6.45, 7) is 6.04. The van der Waals surface area contributed by atoms with Gasteiger partial charge in [-0.25, -0.2) is 0 Å². The molecule has 1 aromatic carbocycles. The first kappa shape index (κ1) is 15.0. The zero-order chi connectivity index (χ0) is 13.5. The second kappa shape index (κ2) is 7.41. The maximum atomic E-state index is 12.0. The van der Waals surface area contributed by atoms with Crippen LogP contribution in [0.1, 0.15) is 33.6 Å². The van der Waals surface area contributed by atoms with Crippen molar-refractivity contribution >= 4 is 27.5 Å². The Hall–Kier alpha value is -1.03. The Bertz CT molecular complexity index is 374. The summed E-state index contributed by atoms with van der Waals surface area (Å²) in [4.78, 5) is 12.0. The zero-order valence-corrected chi connectivity index (χ0v) is 12.8. The average molecular weight is 313 g/mol. The van der Waals surface area contributed by atoms with E-state index in [0.717, 1.165) is 23.0 Å². The minimum atomic E-state index is -0.230. The number of anilines is 1. The molecule has 0 heterocycles. The molecule has 1 amide bonds. The molecule has 0 aliphatic heterocycles. The smallest absolute Gasteiger partial charge is 0.242 e. The molecule has 0 aromatic heterocycles. The van der Waals surface area contributed by atoms with Crippen molar-refractivity contribution in [3.05, 3.63) is 28.7 Å². The molecule has 0 aliphatic rings. The van der Waals surface area contributed by atoms with Gasteiger partial charge in [-0.15, -0.1) is 0 Å². The van der Waals surface area contributed by atoms with E-state index >= 15 is 0 Å². The first-order valence-electron chi connectivity index (χ1n) is 6.39. The zero-order valence-electron chi connectivity index (χ0n) is 11.2. The maximum absolute atomic E-state index is 12.0. The summed E-state index contributed by atoms with van der Waals surface area (Å²) < 4.78 is 1.03. The Balaban J connectivity index is 2.51. The number of hydrogen-bond acceptors (Lipinski definition) is 2. The van der Waals surface area contributed by atoms with Crippen LogP contribution in [0.2, 0.25) is 0 Å². The van der Waals surface area contributed by atoms with E-state index in [1.54, 1.807) is 0 Å². The standard InChI is InChI=1S/C14H21BrN2O/c1-4-12(5-2)17-14(18)10(3)16-13-8-6-11(15)7-9-13/h6-10,12,16H,4-5H2,1-3H3,(H,17,18). The molecule has 1 unspecified atom stereocenters. The lowest BCUT2D eigenvalue weighted by Gasteiger charge is -2.20. The molecule has 0 saturated carbocycles. The molecule has 0 aliphatic carbocycles. The third-order valence-electron chi connectivity index (χ3n) is 2.95. The van der Waals surface area contributed by atoms with Gasteiger partial charge >= 0.3 is 0 Å². The monoisotopic (exact) mass is 312 g/mol. The Morgan fingerprint density at radius 2 is 1.78 bits per heavy atom. The van der Waals surface area contributed by atoms with Crippen molar-refractivity contribution < 1.29 is 4.79 Å². The molecule has 1 atom stereocenters. The second-order valence-electron chi connectivity index (χ2n) is 4.39. The Morgan fingerprint density at radius 1 is 1.22 bits per heavy atom. The van der Waals surface area contributed by atoms with E-state index in [2.05, 4.69) is 40.4 Å². The lowest BCUT2D eigenvalue weighted by Crippen LogP contribution is -2.42. The molecule has 100 valence electrons. The van der Waals surface area contributed by atoms with Gasteiger partial charge in [0.15, 0.2) is 0 Å². The number of amides is 1. The maximum Gasteiger partial charge on any atom is 0.242 e. The van der Waals surface area contributed by atoms with Crippen molar-refractivity contribution in [3.8, 4) is 0 Å². The van der Waals surface area contributed by atoms with Crippen LogP contribution in [-0.4, -0.2) is 18.0 Å². The van der Waals surface area contributed by atoms with Crippen LogP contribution in [0.5, 0.6) is 0 Å². The first-order chi connectivity index (χ1) is 8.56. The van der Waals surface area contributed by atoms with E-state index in [1.807, 2.05) is 31.2 Å². The topological polar surface area (TPSA) is 41.1 Å². The molecular formula is C14H21BrN2O.